The van der Waals surface area contributed by atoms with Gasteiger partial charge in [0.05, 0.1) is 12.3 Å². The van der Waals surface area contributed by atoms with Crippen molar-refractivity contribution in [3.05, 3.63) is 30.1 Å². The zero-order chi connectivity index (χ0) is 11.3. The zero-order valence-corrected chi connectivity index (χ0v) is 9.72. The molecule has 0 spiro atoms. The molecule has 1 unspecified atom stereocenters. The van der Waals surface area contributed by atoms with Gasteiger partial charge in [0.25, 0.3) is 0 Å². The van der Waals surface area contributed by atoms with Crippen molar-refractivity contribution in [2.45, 2.75) is 32.9 Å². The molecular formula is C12H20N2O. The van der Waals surface area contributed by atoms with E-state index in [0.717, 1.165) is 5.69 Å². The van der Waals surface area contributed by atoms with Crippen LogP contribution in [0.4, 0.5) is 0 Å². The Bertz CT molecular complexity index is 274. The van der Waals surface area contributed by atoms with Crippen LogP contribution in [-0.2, 0) is 0 Å². The lowest BCUT2D eigenvalue weighted by atomic mass is 10.1. The number of nitrogens with zero attached hydrogens (tertiary/aromatic N) is 2. The molecule has 0 aliphatic heterocycles. The molecule has 1 N–H and O–H groups in total. The first-order valence-electron chi connectivity index (χ1n) is 5.44. The molecular weight excluding hydrogens is 188 g/mol. The molecule has 1 aromatic rings. The van der Waals surface area contributed by atoms with Gasteiger partial charge in [0, 0.05) is 24.8 Å². The minimum absolute atomic E-state index is 0.190. The third-order valence-corrected chi connectivity index (χ3v) is 2.63. The average molecular weight is 208 g/mol. The Morgan fingerprint density at radius 2 is 2.07 bits per heavy atom. The highest BCUT2D eigenvalue weighted by molar-refractivity contribution is 5.08. The first-order chi connectivity index (χ1) is 7.16. The van der Waals surface area contributed by atoms with Crippen molar-refractivity contribution in [3.63, 3.8) is 0 Å². The first kappa shape index (κ1) is 12.1. The maximum Gasteiger partial charge on any atom is 0.0572 e. The molecule has 1 aromatic heterocycles. The number of aliphatic hydroxyl groups excluding tert-OH is 1. The summed E-state index contributed by atoms with van der Waals surface area (Å²) in [6.07, 6.45) is 1.81. The fraction of sp³-hybridized carbons (Fsp3) is 0.583. The van der Waals surface area contributed by atoms with Crippen molar-refractivity contribution in [3.8, 4) is 0 Å². The van der Waals surface area contributed by atoms with Crippen LogP contribution >= 0.6 is 0 Å². The molecule has 0 radical (unpaired) electrons. The largest absolute Gasteiger partial charge is 0.395 e. The zero-order valence-electron chi connectivity index (χ0n) is 9.72. The van der Waals surface area contributed by atoms with E-state index in [1.54, 1.807) is 0 Å². The van der Waals surface area contributed by atoms with Gasteiger partial charge in [-0.15, -0.1) is 0 Å². The number of hydrogen-bond donors (Lipinski definition) is 1. The van der Waals surface area contributed by atoms with Crippen molar-refractivity contribution in [2.24, 2.45) is 0 Å². The van der Waals surface area contributed by atoms with Crippen LogP contribution in [0.2, 0.25) is 0 Å². The highest BCUT2D eigenvalue weighted by atomic mass is 16.3. The standard InChI is InChI=1S/C12H20N2O/c1-10(2)14(8-9-15)11(3)12-6-4-5-7-13-12/h4-7,10-11,15H,8-9H2,1-3H3. The molecule has 0 aliphatic rings. The summed E-state index contributed by atoms with van der Waals surface area (Å²) in [5.41, 5.74) is 1.06. The van der Waals surface area contributed by atoms with Gasteiger partial charge in [-0.2, -0.15) is 0 Å². The van der Waals surface area contributed by atoms with Crippen molar-refractivity contribution in [2.75, 3.05) is 13.2 Å². The van der Waals surface area contributed by atoms with Crippen molar-refractivity contribution in [1.29, 1.82) is 0 Å². The summed E-state index contributed by atoms with van der Waals surface area (Å²) in [6, 6.07) is 6.60. The minimum Gasteiger partial charge on any atom is -0.395 e. The Kier molecular flexibility index (Phi) is 4.72. The third kappa shape index (κ3) is 3.29. The van der Waals surface area contributed by atoms with Gasteiger partial charge in [0.15, 0.2) is 0 Å². The van der Waals surface area contributed by atoms with E-state index in [1.807, 2.05) is 24.4 Å². The summed E-state index contributed by atoms with van der Waals surface area (Å²) in [4.78, 5) is 6.58. The number of hydrogen-bond acceptors (Lipinski definition) is 3. The molecule has 0 aliphatic carbocycles. The Hall–Kier alpha value is -0.930. The summed E-state index contributed by atoms with van der Waals surface area (Å²) in [7, 11) is 0. The first-order valence-corrected chi connectivity index (χ1v) is 5.44. The SMILES string of the molecule is CC(C)N(CCO)C(C)c1ccccn1. The lowest BCUT2D eigenvalue weighted by Crippen LogP contribution is -2.36. The Morgan fingerprint density at radius 3 is 2.53 bits per heavy atom. The summed E-state index contributed by atoms with van der Waals surface area (Å²) in [6.45, 7) is 7.27. The second-order valence-corrected chi connectivity index (χ2v) is 3.99. The van der Waals surface area contributed by atoms with Crippen LogP contribution in [0.1, 0.15) is 32.5 Å². The Labute approximate surface area is 91.8 Å². The average Bonchev–Trinajstić information content (AvgIpc) is 2.26. The third-order valence-electron chi connectivity index (χ3n) is 2.63. The molecule has 0 amide bonds. The molecule has 84 valence electrons. The normalized spacial score (nSPS) is 13.5. The topological polar surface area (TPSA) is 36.4 Å². The molecule has 15 heavy (non-hydrogen) atoms. The molecule has 0 bridgehead atoms. The Balaban J connectivity index is 2.76. The summed E-state index contributed by atoms with van der Waals surface area (Å²) < 4.78 is 0. The molecule has 0 saturated heterocycles. The second kappa shape index (κ2) is 5.83. The number of rotatable bonds is 5. The van der Waals surface area contributed by atoms with Crippen LogP contribution < -0.4 is 0 Å². The van der Waals surface area contributed by atoms with E-state index >= 15 is 0 Å². The van der Waals surface area contributed by atoms with Crippen molar-refractivity contribution >= 4 is 0 Å². The van der Waals surface area contributed by atoms with Gasteiger partial charge in [-0.25, -0.2) is 0 Å². The van der Waals surface area contributed by atoms with Crippen LogP contribution in [0.3, 0.4) is 0 Å². The van der Waals surface area contributed by atoms with E-state index in [-0.39, 0.29) is 12.6 Å². The van der Waals surface area contributed by atoms with E-state index in [1.165, 1.54) is 0 Å². The summed E-state index contributed by atoms with van der Waals surface area (Å²) >= 11 is 0. The highest BCUT2D eigenvalue weighted by Gasteiger charge is 2.18. The maximum atomic E-state index is 9.02. The van der Waals surface area contributed by atoms with Gasteiger partial charge in [0.2, 0.25) is 0 Å². The lowest BCUT2D eigenvalue weighted by molar-refractivity contribution is 0.124. The van der Waals surface area contributed by atoms with Crippen LogP contribution in [0.15, 0.2) is 24.4 Å². The molecule has 3 nitrogen and oxygen atoms in total. The summed E-state index contributed by atoms with van der Waals surface area (Å²) in [5.74, 6) is 0. The van der Waals surface area contributed by atoms with Gasteiger partial charge < -0.3 is 5.11 Å². The predicted octanol–water partition coefficient (Wildman–Crippen LogP) is 1.85. The molecule has 0 saturated carbocycles. The van der Waals surface area contributed by atoms with Gasteiger partial charge in [-0.1, -0.05) is 6.07 Å². The fourth-order valence-corrected chi connectivity index (χ4v) is 1.81. The van der Waals surface area contributed by atoms with E-state index < -0.39 is 0 Å². The van der Waals surface area contributed by atoms with Gasteiger partial charge >= 0.3 is 0 Å². The van der Waals surface area contributed by atoms with Gasteiger partial charge in [0.1, 0.15) is 0 Å². The van der Waals surface area contributed by atoms with Crippen molar-refractivity contribution < 1.29 is 5.11 Å². The number of pyridine rings is 1. The van der Waals surface area contributed by atoms with E-state index in [2.05, 4.69) is 30.7 Å². The second-order valence-electron chi connectivity index (χ2n) is 3.99. The maximum absolute atomic E-state index is 9.02. The van der Waals surface area contributed by atoms with Crippen LogP contribution in [0, 0.1) is 0 Å². The molecule has 1 atom stereocenters. The van der Waals surface area contributed by atoms with Crippen molar-refractivity contribution in [1.82, 2.24) is 9.88 Å². The Morgan fingerprint density at radius 1 is 1.33 bits per heavy atom. The van der Waals surface area contributed by atoms with E-state index in [4.69, 9.17) is 5.11 Å². The molecule has 1 rings (SSSR count). The van der Waals surface area contributed by atoms with Gasteiger partial charge in [-0.3, -0.25) is 9.88 Å². The fourth-order valence-electron chi connectivity index (χ4n) is 1.81. The quantitative estimate of drug-likeness (QED) is 0.802. The smallest absolute Gasteiger partial charge is 0.0572 e. The molecule has 0 aromatic carbocycles. The molecule has 0 fully saturated rings. The van der Waals surface area contributed by atoms with E-state index in [9.17, 15) is 0 Å². The number of aromatic nitrogens is 1. The number of aliphatic hydroxyl groups is 1. The molecule has 1 heterocycles. The predicted molar refractivity (Wildman–Crippen MR) is 61.6 cm³/mol. The van der Waals surface area contributed by atoms with Gasteiger partial charge in [-0.05, 0) is 32.9 Å². The monoisotopic (exact) mass is 208 g/mol. The molecule has 3 heteroatoms. The summed E-state index contributed by atoms with van der Waals surface area (Å²) in [5, 5.41) is 9.02. The van der Waals surface area contributed by atoms with Crippen LogP contribution in [-0.4, -0.2) is 34.2 Å². The van der Waals surface area contributed by atoms with Crippen LogP contribution in [0.25, 0.3) is 0 Å². The lowest BCUT2D eigenvalue weighted by Gasteiger charge is -2.31. The minimum atomic E-state index is 0.190. The highest BCUT2D eigenvalue weighted by Crippen LogP contribution is 2.19. The van der Waals surface area contributed by atoms with Crippen LogP contribution in [0.5, 0.6) is 0 Å². The van der Waals surface area contributed by atoms with E-state index in [0.29, 0.717) is 12.6 Å².